The Labute approximate surface area is 152 Å². The molecule has 0 fully saturated rings. The number of H-pyrrole nitrogens is 1. The Morgan fingerprint density at radius 3 is 2.42 bits per heavy atom. The molecule has 1 heterocycles. The van der Waals surface area contributed by atoms with Gasteiger partial charge >= 0.3 is 0 Å². The molecule has 3 rings (SSSR count). The van der Waals surface area contributed by atoms with Gasteiger partial charge in [-0.15, -0.1) is 0 Å². The Balaban J connectivity index is 1.83. The van der Waals surface area contributed by atoms with Crippen LogP contribution in [0.2, 0.25) is 0 Å². The minimum absolute atomic E-state index is 0.0990. The van der Waals surface area contributed by atoms with Gasteiger partial charge in [-0.3, -0.25) is 4.79 Å². The lowest BCUT2D eigenvalue weighted by molar-refractivity contribution is 0.102. The van der Waals surface area contributed by atoms with E-state index < -0.39 is 15.6 Å². The lowest BCUT2D eigenvalue weighted by atomic mass is 10.1. The van der Waals surface area contributed by atoms with Crippen LogP contribution in [0.15, 0.2) is 59.5 Å². The summed E-state index contributed by atoms with van der Waals surface area (Å²) in [6.45, 7) is 5.31. The summed E-state index contributed by atoms with van der Waals surface area (Å²) in [4.78, 5) is 15.6. The van der Waals surface area contributed by atoms with Gasteiger partial charge in [0, 0.05) is 22.1 Å². The Kier molecular flexibility index (Phi) is 4.60. The summed E-state index contributed by atoms with van der Waals surface area (Å²) in [6.07, 6.45) is 0. The number of amides is 1. The van der Waals surface area contributed by atoms with Crippen molar-refractivity contribution in [3.8, 4) is 0 Å². The van der Waals surface area contributed by atoms with Gasteiger partial charge in [0.05, 0.1) is 4.90 Å². The van der Waals surface area contributed by atoms with E-state index in [4.69, 9.17) is 0 Å². The van der Waals surface area contributed by atoms with Crippen LogP contribution in [-0.2, 0) is 10.0 Å². The Bertz CT molecular complexity index is 1030. The third-order valence-electron chi connectivity index (χ3n) is 3.62. The molecule has 3 N–H and O–H groups in total. The van der Waals surface area contributed by atoms with Crippen molar-refractivity contribution in [2.75, 3.05) is 5.32 Å². The van der Waals surface area contributed by atoms with Crippen molar-refractivity contribution >= 4 is 32.5 Å². The smallest absolute Gasteiger partial charge is 0.272 e. The number of carbonyl (C=O) groups excluding carboxylic acids is 1. The van der Waals surface area contributed by atoms with Crippen LogP contribution in [-0.4, -0.2) is 24.8 Å². The molecular formula is C19H21N3O3S. The van der Waals surface area contributed by atoms with E-state index in [1.165, 1.54) is 12.1 Å². The van der Waals surface area contributed by atoms with Crippen LogP contribution in [0.4, 0.5) is 5.69 Å². The highest BCUT2D eigenvalue weighted by molar-refractivity contribution is 7.89. The highest BCUT2D eigenvalue weighted by Gasteiger charge is 2.22. The van der Waals surface area contributed by atoms with Gasteiger partial charge in [-0.25, -0.2) is 13.1 Å². The van der Waals surface area contributed by atoms with Crippen LogP contribution in [0.3, 0.4) is 0 Å². The molecule has 7 heteroatoms. The molecule has 0 unspecified atom stereocenters. The van der Waals surface area contributed by atoms with Gasteiger partial charge in [0.2, 0.25) is 10.0 Å². The van der Waals surface area contributed by atoms with Crippen LogP contribution in [0.1, 0.15) is 31.3 Å². The predicted molar refractivity (Wildman–Crippen MR) is 103 cm³/mol. The van der Waals surface area contributed by atoms with Crippen LogP contribution in [0, 0.1) is 0 Å². The van der Waals surface area contributed by atoms with Crippen LogP contribution in [0.25, 0.3) is 10.9 Å². The molecule has 0 aliphatic carbocycles. The average Bonchev–Trinajstić information content (AvgIpc) is 2.97. The molecule has 0 bridgehead atoms. The Morgan fingerprint density at radius 2 is 1.73 bits per heavy atom. The zero-order valence-electron chi connectivity index (χ0n) is 14.8. The Hall–Kier alpha value is -2.64. The van der Waals surface area contributed by atoms with Gasteiger partial charge in [-0.05, 0) is 51.1 Å². The molecule has 0 atom stereocenters. The maximum Gasteiger partial charge on any atom is 0.272 e. The zero-order chi connectivity index (χ0) is 18.9. The first-order valence-corrected chi connectivity index (χ1v) is 9.65. The van der Waals surface area contributed by atoms with Crippen molar-refractivity contribution in [3.05, 3.63) is 60.3 Å². The van der Waals surface area contributed by atoms with E-state index in [1.54, 1.807) is 39.0 Å². The minimum atomic E-state index is -3.67. The first kappa shape index (κ1) is 18.2. The summed E-state index contributed by atoms with van der Waals surface area (Å²) in [7, 11) is -3.67. The van der Waals surface area contributed by atoms with E-state index in [9.17, 15) is 13.2 Å². The van der Waals surface area contributed by atoms with Crippen molar-refractivity contribution in [1.29, 1.82) is 0 Å². The van der Waals surface area contributed by atoms with E-state index >= 15 is 0 Å². The number of nitrogens with one attached hydrogen (secondary N) is 3. The topological polar surface area (TPSA) is 91.1 Å². The first-order chi connectivity index (χ1) is 12.1. The first-order valence-electron chi connectivity index (χ1n) is 8.17. The summed E-state index contributed by atoms with van der Waals surface area (Å²) in [5.41, 5.74) is 1.09. The van der Waals surface area contributed by atoms with Gasteiger partial charge < -0.3 is 10.3 Å². The van der Waals surface area contributed by atoms with Crippen LogP contribution in [0.5, 0.6) is 0 Å². The molecule has 1 amide bonds. The third kappa shape index (κ3) is 4.12. The van der Waals surface area contributed by atoms with Gasteiger partial charge in [0.15, 0.2) is 0 Å². The SMILES string of the molecule is CC(C)(C)NS(=O)(=O)c1cccc(NC(=O)c2cc3ccccc3[nH]2)c1. The van der Waals surface area contributed by atoms with E-state index in [2.05, 4.69) is 15.0 Å². The molecule has 0 aliphatic rings. The lowest BCUT2D eigenvalue weighted by Gasteiger charge is -2.20. The predicted octanol–water partition coefficient (Wildman–Crippen LogP) is 3.50. The lowest BCUT2D eigenvalue weighted by Crippen LogP contribution is -2.40. The molecule has 0 radical (unpaired) electrons. The Morgan fingerprint density at radius 1 is 1.00 bits per heavy atom. The molecule has 136 valence electrons. The van der Waals surface area contributed by atoms with E-state index in [0.29, 0.717) is 11.4 Å². The average molecular weight is 371 g/mol. The molecule has 26 heavy (non-hydrogen) atoms. The number of aromatic nitrogens is 1. The van der Waals surface area contributed by atoms with E-state index in [1.807, 2.05) is 24.3 Å². The number of anilines is 1. The molecule has 0 spiro atoms. The fourth-order valence-electron chi connectivity index (χ4n) is 2.60. The number of hydrogen-bond donors (Lipinski definition) is 3. The second-order valence-corrected chi connectivity index (χ2v) is 8.79. The van der Waals surface area contributed by atoms with Crippen molar-refractivity contribution < 1.29 is 13.2 Å². The fraction of sp³-hybridized carbons (Fsp3) is 0.211. The molecule has 0 aliphatic heterocycles. The number of benzene rings is 2. The van der Waals surface area contributed by atoms with Crippen molar-refractivity contribution in [1.82, 2.24) is 9.71 Å². The third-order valence-corrected chi connectivity index (χ3v) is 5.37. The molecule has 2 aromatic carbocycles. The molecule has 1 aromatic heterocycles. The molecule has 0 saturated heterocycles. The maximum absolute atomic E-state index is 12.5. The standard InChI is InChI=1S/C19H21N3O3S/c1-19(2,3)22-26(24,25)15-9-6-8-14(12-15)20-18(23)17-11-13-7-4-5-10-16(13)21-17/h4-12,21-22H,1-3H3,(H,20,23). The summed E-state index contributed by atoms with van der Waals surface area (Å²) in [5, 5.41) is 3.67. The monoisotopic (exact) mass is 371 g/mol. The number of para-hydroxylation sites is 1. The van der Waals surface area contributed by atoms with Crippen LogP contribution < -0.4 is 10.0 Å². The summed E-state index contributed by atoms with van der Waals surface area (Å²) < 4.78 is 27.5. The van der Waals surface area contributed by atoms with Crippen molar-refractivity contribution in [3.63, 3.8) is 0 Å². The molecule has 3 aromatic rings. The van der Waals surface area contributed by atoms with E-state index in [-0.39, 0.29) is 10.8 Å². The number of carbonyl (C=O) groups is 1. The summed E-state index contributed by atoms with van der Waals surface area (Å²) >= 11 is 0. The normalized spacial score (nSPS) is 12.3. The van der Waals surface area contributed by atoms with Gasteiger partial charge in [0.25, 0.3) is 5.91 Å². The number of hydrogen-bond acceptors (Lipinski definition) is 3. The number of rotatable bonds is 4. The minimum Gasteiger partial charge on any atom is -0.351 e. The second kappa shape index (κ2) is 6.59. The van der Waals surface area contributed by atoms with Crippen molar-refractivity contribution in [2.24, 2.45) is 0 Å². The molecule has 0 saturated carbocycles. The number of sulfonamides is 1. The largest absolute Gasteiger partial charge is 0.351 e. The summed E-state index contributed by atoms with van der Waals surface area (Å²) in [6, 6.07) is 15.5. The second-order valence-electron chi connectivity index (χ2n) is 7.11. The van der Waals surface area contributed by atoms with Crippen LogP contribution >= 0.6 is 0 Å². The molecule has 6 nitrogen and oxygen atoms in total. The number of aromatic amines is 1. The summed E-state index contributed by atoms with van der Waals surface area (Å²) in [5.74, 6) is -0.334. The maximum atomic E-state index is 12.5. The van der Waals surface area contributed by atoms with Crippen molar-refractivity contribution in [2.45, 2.75) is 31.2 Å². The quantitative estimate of drug-likeness (QED) is 0.655. The van der Waals surface area contributed by atoms with E-state index in [0.717, 1.165) is 10.9 Å². The van der Waals surface area contributed by atoms with Gasteiger partial charge in [-0.2, -0.15) is 0 Å². The highest BCUT2D eigenvalue weighted by atomic mass is 32.2. The molecular weight excluding hydrogens is 350 g/mol. The van der Waals surface area contributed by atoms with Gasteiger partial charge in [0.1, 0.15) is 5.69 Å². The fourth-order valence-corrected chi connectivity index (χ4v) is 4.06. The zero-order valence-corrected chi connectivity index (χ0v) is 15.6. The highest BCUT2D eigenvalue weighted by Crippen LogP contribution is 2.19. The van der Waals surface area contributed by atoms with Gasteiger partial charge in [-0.1, -0.05) is 24.3 Å². The number of fused-ring (bicyclic) bond motifs is 1.